The lowest BCUT2D eigenvalue weighted by Crippen LogP contribution is -2.70. The van der Waals surface area contributed by atoms with Gasteiger partial charge in [-0.1, -0.05) is 119 Å². The molecule has 1 fully saturated rings. The molecule has 1 unspecified atom stereocenters. The van der Waals surface area contributed by atoms with E-state index in [-0.39, 0.29) is 23.9 Å². The Balaban J connectivity index is 1.39. The number of benzene rings is 3. The van der Waals surface area contributed by atoms with E-state index in [0.29, 0.717) is 5.57 Å². The van der Waals surface area contributed by atoms with Crippen molar-refractivity contribution in [2.45, 2.75) is 30.9 Å². The molecule has 2 aliphatic heterocycles. The largest absolute Gasteiger partial charge is 0.448 e. The van der Waals surface area contributed by atoms with Crippen LogP contribution in [0.2, 0.25) is 0 Å². The molecule has 0 radical (unpaired) electrons. The average Bonchev–Trinajstić information content (AvgIpc) is 2.95. The highest BCUT2D eigenvalue weighted by Gasteiger charge is 2.55. The molecule has 5 rings (SSSR count). The van der Waals surface area contributed by atoms with Crippen LogP contribution in [0.3, 0.4) is 0 Å². The first-order chi connectivity index (χ1) is 18.5. The predicted octanol–water partition coefficient (Wildman–Crippen LogP) is 5.47. The number of halogens is 1. The van der Waals surface area contributed by atoms with Gasteiger partial charge < -0.3 is 10.1 Å². The minimum atomic E-state index is -0.742. The van der Waals surface area contributed by atoms with Crippen molar-refractivity contribution in [2.75, 3.05) is 0 Å². The second-order valence-corrected chi connectivity index (χ2v) is 10.6. The van der Waals surface area contributed by atoms with Crippen molar-refractivity contribution in [2.24, 2.45) is 0 Å². The molecule has 0 spiro atoms. The van der Waals surface area contributed by atoms with Gasteiger partial charge in [-0.05, 0) is 34.2 Å². The molecule has 6 nitrogen and oxygen atoms in total. The fourth-order valence-corrected chi connectivity index (χ4v) is 6.47. The maximum atomic E-state index is 13.7. The van der Waals surface area contributed by atoms with Gasteiger partial charge in [0.05, 0.1) is 6.42 Å². The molecular weight excluding hydrogens is 564 g/mol. The monoisotopic (exact) mass is 588 g/mol. The van der Waals surface area contributed by atoms with E-state index in [1.165, 1.54) is 16.7 Å². The molecule has 1 N–H and O–H groups in total. The second-order valence-electron chi connectivity index (χ2n) is 8.98. The van der Waals surface area contributed by atoms with Crippen molar-refractivity contribution < 1.29 is 19.1 Å². The van der Waals surface area contributed by atoms with Gasteiger partial charge in [0.1, 0.15) is 17.1 Å². The zero-order valence-corrected chi connectivity index (χ0v) is 22.9. The number of esters is 1. The number of allylic oxidation sites excluding steroid dienone is 1. The van der Waals surface area contributed by atoms with Crippen LogP contribution in [0.15, 0.2) is 112 Å². The van der Waals surface area contributed by atoms with Crippen molar-refractivity contribution in [1.82, 2.24) is 10.2 Å². The fourth-order valence-electron chi connectivity index (χ4n) is 4.58. The molecule has 2 amide bonds. The number of carbonyl (C=O) groups excluding carboxylic acids is 3. The summed E-state index contributed by atoms with van der Waals surface area (Å²) in [5, 5.41) is 2.40. The van der Waals surface area contributed by atoms with Crippen LogP contribution in [0.4, 0.5) is 0 Å². The summed E-state index contributed by atoms with van der Waals surface area (Å²) in [6, 6.07) is 27.6. The topological polar surface area (TPSA) is 75.7 Å². The van der Waals surface area contributed by atoms with Crippen molar-refractivity contribution in [3.05, 3.63) is 129 Å². The molecule has 1 saturated heterocycles. The smallest absolute Gasteiger partial charge is 0.356 e. The van der Waals surface area contributed by atoms with Gasteiger partial charge >= 0.3 is 5.97 Å². The number of hydrogen-bond donors (Lipinski definition) is 1. The van der Waals surface area contributed by atoms with Crippen LogP contribution in [0.1, 0.15) is 29.7 Å². The quantitative estimate of drug-likeness (QED) is 0.292. The van der Waals surface area contributed by atoms with Gasteiger partial charge in [0.15, 0.2) is 6.10 Å². The summed E-state index contributed by atoms with van der Waals surface area (Å²) in [6.45, 7) is 1.79. The summed E-state index contributed by atoms with van der Waals surface area (Å²) in [5.74, 6) is -1.18. The number of ether oxygens (including phenoxy) is 1. The third-order valence-electron chi connectivity index (χ3n) is 6.50. The van der Waals surface area contributed by atoms with Crippen molar-refractivity contribution >= 4 is 45.5 Å². The van der Waals surface area contributed by atoms with Crippen LogP contribution in [-0.2, 0) is 25.5 Å². The van der Waals surface area contributed by atoms with Crippen molar-refractivity contribution in [3.63, 3.8) is 0 Å². The number of nitrogens with zero attached hydrogens (tertiary/aromatic N) is 1. The number of rotatable bonds is 7. The van der Waals surface area contributed by atoms with E-state index in [1.54, 1.807) is 11.9 Å². The Hall–Kier alpha value is -3.62. The first-order valence-electron chi connectivity index (χ1n) is 12.1. The summed E-state index contributed by atoms with van der Waals surface area (Å²) < 4.78 is 6.09. The van der Waals surface area contributed by atoms with E-state index in [4.69, 9.17) is 4.74 Å². The lowest BCUT2D eigenvalue weighted by Gasteiger charge is -2.50. The number of carbonyl (C=O) groups is 3. The lowest BCUT2D eigenvalue weighted by atomic mass is 10.0. The lowest BCUT2D eigenvalue weighted by molar-refractivity contribution is -0.154. The number of thioether (sulfide) groups is 1. The highest BCUT2D eigenvalue weighted by atomic mass is 79.9. The van der Waals surface area contributed by atoms with Crippen LogP contribution in [-0.4, -0.2) is 34.1 Å². The van der Waals surface area contributed by atoms with Gasteiger partial charge in [0.2, 0.25) is 5.91 Å². The molecule has 0 aromatic heterocycles. The van der Waals surface area contributed by atoms with Crippen molar-refractivity contribution in [3.8, 4) is 0 Å². The Bertz CT molecular complexity index is 1370. The maximum absolute atomic E-state index is 13.7. The molecule has 38 heavy (non-hydrogen) atoms. The third kappa shape index (κ3) is 5.19. The SMILES string of the molecule is CC1=C(C(=O)OC(c2ccccc2)c2ccccc2)N2C(=O)C(NC(=O)Cc3ccccc3)[C@@H]2SC1=CBr. The van der Waals surface area contributed by atoms with Crippen LogP contribution in [0, 0.1) is 0 Å². The normalized spacial score (nSPS) is 19.7. The van der Waals surface area contributed by atoms with Crippen molar-refractivity contribution in [1.29, 1.82) is 0 Å². The highest BCUT2D eigenvalue weighted by molar-refractivity contribution is 9.11. The van der Waals surface area contributed by atoms with Gasteiger partial charge in [0.25, 0.3) is 5.91 Å². The Morgan fingerprint density at radius 1 is 0.974 bits per heavy atom. The molecular formula is C30H25BrN2O4S. The molecule has 3 aromatic rings. The Kier molecular flexibility index (Phi) is 7.81. The predicted molar refractivity (Wildman–Crippen MR) is 151 cm³/mol. The zero-order valence-electron chi connectivity index (χ0n) is 20.5. The number of β-lactam (4-membered cyclic amide) rings is 1. The van der Waals surface area contributed by atoms with E-state index in [0.717, 1.165) is 21.6 Å². The average molecular weight is 590 g/mol. The molecule has 2 aliphatic rings. The minimum absolute atomic E-state index is 0.169. The summed E-state index contributed by atoms with van der Waals surface area (Å²) >= 11 is 4.82. The number of fused-ring (bicyclic) bond motifs is 1. The molecule has 2 heterocycles. The van der Waals surface area contributed by atoms with Crippen LogP contribution in [0.5, 0.6) is 0 Å². The van der Waals surface area contributed by atoms with Crippen LogP contribution in [0.25, 0.3) is 0 Å². The third-order valence-corrected chi connectivity index (χ3v) is 8.67. The fraction of sp³-hybridized carbons (Fsp3) is 0.167. The zero-order chi connectivity index (χ0) is 26.6. The summed E-state index contributed by atoms with van der Waals surface area (Å²) in [5.41, 5.74) is 3.33. The van der Waals surface area contributed by atoms with Gasteiger partial charge in [-0.25, -0.2) is 4.79 Å². The molecule has 8 heteroatoms. The summed E-state index contributed by atoms with van der Waals surface area (Å²) in [7, 11) is 0. The highest BCUT2D eigenvalue weighted by Crippen LogP contribution is 2.47. The minimum Gasteiger partial charge on any atom is -0.448 e. The summed E-state index contributed by atoms with van der Waals surface area (Å²) in [4.78, 5) is 43.7. The van der Waals surface area contributed by atoms with Gasteiger partial charge in [-0.3, -0.25) is 14.5 Å². The summed E-state index contributed by atoms with van der Waals surface area (Å²) in [6.07, 6.45) is -0.477. The first-order valence-corrected chi connectivity index (χ1v) is 13.9. The Morgan fingerprint density at radius 2 is 1.53 bits per heavy atom. The maximum Gasteiger partial charge on any atom is 0.356 e. The Morgan fingerprint density at radius 3 is 2.08 bits per heavy atom. The molecule has 3 aromatic carbocycles. The first kappa shape index (κ1) is 26.0. The Labute approximate surface area is 233 Å². The van der Waals surface area contributed by atoms with E-state index >= 15 is 0 Å². The molecule has 192 valence electrons. The van der Waals surface area contributed by atoms with E-state index < -0.39 is 23.5 Å². The molecule has 2 atom stereocenters. The molecule has 0 bridgehead atoms. The molecule has 0 aliphatic carbocycles. The number of nitrogens with one attached hydrogen (secondary N) is 1. The van der Waals surface area contributed by atoms with E-state index in [9.17, 15) is 14.4 Å². The van der Waals surface area contributed by atoms with E-state index in [1.807, 2.05) is 91.0 Å². The van der Waals surface area contributed by atoms with Gasteiger partial charge in [-0.15, -0.1) is 0 Å². The number of hydrogen-bond acceptors (Lipinski definition) is 5. The van der Waals surface area contributed by atoms with E-state index in [2.05, 4.69) is 21.2 Å². The van der Waals surface area contributed by atoms with Gasteiger partial charge in [-0.2, -0.15) is 0 Å². The van der Waals surface area contributed by atoms with Crippen LogP contribution < -0.4 is 5.32 Å². The number of amides is 2. The molecule has 0 saturated carbocycles. The second kappa shape index (κ2) is 11.4. The van der Waals surface area contributed by atoms with Gasteiger partial charge in [0, 0.05) is 4.91 Å². The van der Waals surface area contributed by atoms with Crippen LogP contribution >= 0.6 is 27.7 Å². The standard InChI is InChI=1S/C30H25BrN2O4S/c1-19-23(18-31)38-29-25(32-24(34)17-20-11-5-2-6-12-20)28(35)33(29)26(19)30(36)37-27(21-13-7-3-8-14-21)22-15-9-4-10-16-22/h2-16,18,25,27,29H,17H2,1H3,(H,32,34)/t25?,29-/m0/s1.